The molecule has 0 saturated heterocycles. The van der Waals surface area contributed by atoms with E-state index in [9.17, 15) is 14.9 Å². The minimum atomic E-state index is -0.501. The van der Waals surface area contributed by atoms with Gasteiger partial charge in [-0.2, -0.15) is 5.26 Å². The fourth-order valence-electron chi connectivity index (χ4n) is 3.53. The van der Waals surface area contributed by atoms with Crippen LogP contribution in [0.15, 0.2) is 60.2 Å². The summed E-state index contributed by atoms with van der Waals surface area (Å²) in [5.41, 5.74) is 4.37. The van der Waals surface area contributed by atoms with Crippen LogP contribution in [0.2, 0.25) is 0 Å². The van der Waals surface area contributed by atoms with E-state index in [4.69, 9.17) is 9.47 Å². The zero-order chi connectivity index (χ0) is 24.0. The average molecular weight is 444 g/mol. The van der Waals surface area contributed by atoms with Gasteiger partial charge in [0.1, 0.15) is 17.4 Å². The highest BCUT2D eigenvalue weighted by atomic mass is 16.5. The second kappa shape index (κ2) is 10.3. The Balaban J connectivity index is 1.87. The maximum atomic E-state index is 12.7. The first-order valence-corrected chi connectivity index (χ1v) is 10.4. The number of nitriles is 1. The molecule has 1 amide bonds. The summed E-state index contributed by atoms with van der Waals surface area (Å²) in [4.78, 5) is 24.4. The third kappa shape index (κ3) is 5.31. The molecule has 33 heavy (non-hydrogen) atoms. The number of methoxy groups -OCH3 is 1. The van der Waals surface area contributed by atoms with E-state index in [1.807, 2.05) is 49.6 Å². The van der Waals surface area contributed by atoms with Crippen LogP contribution in [0.5, 0.6) is 5.75 Å². The summed E-state index contributed by atoms with van der Waals surface area (Å²) in [5, 5.41) is 12.4. The summed E-state index contributed by atoms with van der Waals surface area (Å²) in [6, 6.07) is 17.9. The Morgan fingerprint density at radius 2 is 1.85 bits per heavy atom. The molecular formula is C26H25N3O4. The number of nitrogens with zero attached hydrogens (tertiary/aromatic N) is 2. The van der Waals surface area contributed by atoms with Crippen molar-refractivity contribution in [2.24, 2.45) is 0 Å². The smallest absolute Gasteiger partial charge is 0.337 e. The van der Waals surface area contributed by atoms with Crippen LogP contribution in [0.1, 0.15) is 34.2 Å². The molecule has 0 aliphatic carbocycles. The molecule has 0 bridgehead atoms. The number of hydrogen-bond acceptors (Lipinski definition) is 5. The lowest BCUT2D eigenvalue weighted by molar-refractivity contribution is -0.112. The molecule has 1 aromatic heterocycles. The van der Waals surface area contributed by atoms with Crippen LogP contribution in [0.3, 0.4) is 0 Å². The standard InChI is InChI=1S/C26H25N3O4/c1-5-33-24-8-6-7-22(15-24)28-25(30)21(16-27)14-20-13-17(2)29(18(20)3)23-11-9-19(10-12-23)26(31)32-4/h6-15H,5H2,1-4H3,(H,28,30). The first kappa shape index (κ1) is 23.4. The number of esters is 1. The van der Waals surface area contributed by atoms with E-state index < -0.39 is 11.9 Å². The Morgan fingerprint density at radius 1 is 1.12 bits per heavy atom. The number of nitrogens with one attached hydrogen (secondary N) is 1. The second-order valence-electron chi connectivity index (χ2n) is 7.29. The van der Waals surface area contributed by atoms with Gasteiger partial charge in [0, 0.05) is 28.8 Å². The summed E-state index contributed by atoms with van der Waals surface area (Å²) >= 11 is 0. The quantitative estimate of drug-likeness (QED) is 0.321. The Labute approximate surface area is 192 Å². The van der Waals surface area contributed by atoms with Crippen molar-refractivity contribution in [1.82, 2.24) is 4.57 Å². The number of rotatable bonds is 7. The van der Waals surface area contributed by atoms with E-state index in [0.29, 0.717) is 23.6 Å². The normalized spacial score (nSPS) is 10.9. The number of aromatic nitrogens is 1. The van der Waals surface area contributed by atoms with Gasteiger partial charge in [0.25, 0.3) is 5.91 Å². The highest BCUT2D eigenvalue weighted by molar-refractivity contribution is 6.09. The maximum Gasteiger partial charge on any atom is 0.337 e. The van der Waals surface area contributed by atoms with Crippen LogP contribution in [0.4, 0.5) is 5.69 Å². The number of ether oxygens (including phenoxy) is 2. The van der Waals surface area contributed by atoms with Crippen LogP contribution < -0.4 is 10.1 Å². The Bertz CT molecular complexity index is 1250. The van der Waals surface area contributed by atoms with Crippen molar-refractivity contribution < 1.29 is 19.1 Å². The summed E-state index contributed by atoms with van der Waals surface area (Å²) in [6.45, 7) is 6.24. The minimum absolute atomic E-state index is 0.0156. The van der Waals surface area contributed by atoms with Gasteiger partial charge in [0.2, 0.25) is 0 Å². The van der Waals surface area contributed by atoms with E-state index >= 15 is 0 Å². The molecule has 0 atom stereocenters. The van der Waals surface area contributed by atoms with E-state index in [1.165, 1.54) is 7.11 Å². The van der Waals surface area contributed by atoms with E-state index in [2.05, 4.69) is 5.32 Å². The van der Waals surface area contributed by atoms with Gasteiger partial charge in [-0.3, -0.25) is 4.79 Å². The molecule has 0 aliphatic heterocycles. The maximum absolute atomic E-state index is 12.7. The van der Waals surface area contributed by atoms with Gasteiger partial charge in [-0.1, -0.05) is 6.07 Å². The van der Waals surface area contributed by atoms with Crippen molar-refractivity contribution in [2.75, 3.05) is 19.0 Å². The number of hydrogen-bond donors (Lipinski definition) is 1. The molecule has 168 valence electrons. The number of anilines is 1. The lowest BCUT2D eigenvalue weighted by Gasteiger charge is -2.10. The van der Waals surface area contributed by atoms with Crippen molar-refractivity contribution in [3.63, 3.8) is 0 Å². The predicted octanol–water partition coefficient (Wildman–Crippen LogP) is 4.83. The third-order valence-electron chi connectivity index (χ3n) is 5.08. The van der Waals surface area contributed by atoms with Crippen molar-refractivity contribution in [2.45, 2.75) is 20.8 Å². The number of carbonyl (C=O) groups is 2. The fourth-order valence-corrected chi connectivity index (χ4v) is 3.53. The number of benzene rings is 2. The van der Waals surface area contributed by atoms with Gasteiger partial charge in [0.15, 0.2) is 0 Å². The Kier molecular flexibility index (Phi) is 7.31. The summed E-state index contributed by atoms with van der Waals surface area (Å²) in [7, 11) is 1.34. The molecule has 3 aromatic rings. The molecule has 0 aliphatic rings. The van der Waals surface area contributed by atoms with Gasteiger partial charge < -0.3 is 19.4 Å². The Hall–Kier alpha value is -4.31. The van der Waals surface area contributed by atoms with Gasteiger partial charge >= 0.3 is 5.97 Å². The first-order chi connectivity index (χ1) is 15.9. The van der Waals surface area contributed by atoms with Gasteiger partial charge in [-0.25, -0.2) is 4.79 Å². The number of carbonyl (C=O) groups excluding carboxylic acids is 2. The zero-order valence-electron chi connectivity index (χ0n) is 19.0. The molecular weight excluding hydrogens is 418 g/mol. The highest BCUT2D eigenvalue weighted by Gasteiger charge is 2.15. The number of amides is 1. The molecule has 0 saturated carbocycles. The molecule has 2 aromatic carbocycles. The predicted molar refractivity (Wildman–Crippen MR) is 126 cm³/mol. The highest BCUT2D eigenvalue weighted by Crippen LogP contribution is 2.24. The Morgan fingerprint density at radius 3 is 2.48 bits per heavy atom. The molecule has 1 N–H and O–H groups in total. The van der Waals surface area contributed by atoms with Crippen LogP contribution in [-0.2, 0) is 9.53 Å². The van der Waals surface area contributed by atoms with E-state index in [1.54, 1.807) is 42.5 Å². The van der Waals surface area contributed by atoms with Crippen molar-refractivity contribution in [1.29, 1.82) is 5.26 Å². The molecule has 0 radical (unpaired) electrons. The van der Waals surface area contributed by atoms with Crippen LogP contribution in [0.25, 0.3) is 11.8 Å². The molecule has 0 spiro atoms. The van der Waals surface area contributed by atoms with Crippen molar-refractivity contribution in [3.8, 4) is 17.5 Å². The molecule has 0 unspecified atom stereocenters. The molecule has 0 fully saturated rings. The molecule has 1 heterocycles. The average Bonchev–Trinajstić information content (AvgIpc) is 3.10. The second-order valence-corrected chi connectivity index (χ2v) is 7.29. The monoisotopic (exact) mass is 443 g/mol. The van der Waals surface area contributed by atoms with Crippen LogP contribution >= 0.6 is 0 Å². The topological polar surface area (TPSA) is 93.4 Å². The van der Waals surface area contributed by atoms with Crippen LogP contribution in [-0.4, -0.2) is 30.2 Å². The first-order valence-electron chi connectivity index (χ1n) is 10.4. The minimum Gasteiger partial charge on any atom is -0.494 e. The summed E-state index contributed by atoms with van der Waals surface area (Å²) in [5.74, 6) is -0.263. The summed E-state index contributed by atoms with van der Waals surface area (Å²) < 4.78 is 12.2. The van der Waals surface area contributed by atoms with Gasteiger partial charge in [0.05, 0.1) is 19.3 Å². The van der Waals surface area contributed by atoms with Crippen molar-refractivity contribution >= 4 is 23.6 Å². The molecule has 7 nitrogen and oxygen atoms in total. The molecule has 7 heteroatoms. The summed E-state index contributed by atoms with van der Waals surface area (Å²) in [6.07, 6.45) is 1.57. The van der Waals surface area contributed by atoms with Crippen molar-refractivity contribution in [3.05, 3.63) is 82.7 Å². The lowest BCUT2D eigenvalue weighted by atomic mass is 10.1. The van der Waals surface area contributed by atoms with E-state index in [0.717, 1.165) is 22.6 Å². The van der Waals surface area contributed by atoms with Gasteiger partial charge in [-0.15, -0.1) is 0 Å². The largest absolute Gasteiger partial charge is 0.494 e. The SMILES string of the molecule is CCOc1cccc(NC(=O)C(C#N)=Cc2cc(C)n(-c3ccc(C(=O)OC)cc3)c2C)c1. The van der Waals surface area contributed by atoms with Gasteiger partial charge in [-0.05, 0) is 74.9 Å². The molecule has 3 rings (SSSR count). The number of aryl methyl sites for hydroxylation is 1. The zero-order valence-corrected chi connectivity index (χ0v) is 19.0. The fraction of sp³-hybridized carbons (Fsp3) is 0.192. The lowest BCUT2D eigenvalue weighted by Crippen LogP contribution is -2.13. The van der Waals surface area contributed by atoms with E-state index in [-0.39, 0.29) is 5.57 Å². The third-order valence-corrected chi connectivity index (χ3v) is 5.08. The van der Waals surface area contributed by atoms with Crippen LogP contribution in [0, 0.1) is 25.2 Å².